The first-order valence-corrected chi connectivity index (χ1v) is 7.17. The van der Waals surface area contributed by atoms with Gasteiger partial charge in [-0.2, -0.15) is 0 Å². The molecule has 0 spiro atoms. The van der Waals surface area contributed by atoms with Crippen molar-refractivity contribution >= 4 is 27.8 Å². The van der Waals surface area contributed by atoms with Crippen LogP contribution in [0.3, 0.4) is 0 Å². The summed E-state index contributed by atoms with van der Waals surface area (Å²) in [6.07, 6.45) is 5.68. The minimum absolute atomic E-state index is 0.0233. The van der Waals surface area contributed by atoms with E-state index in [0.29, 0.717) is 13.0 Å². The van der Waals surface area contributed by atoms with Crippen molar-refractivity contribution in [2.45, 2.75) is 49.4 Å². The summed E-state index contributed by atoms with van der Waals surface area (Å²) >= 11 is 3.41. The average Bonchev–Trinajstić information content (AvgIpc) is 2.59. The molecule has 2 atom stereocenters. The molecule has 1 saturated heterocycles. The number of hydrogen-bond donors (Lipinski definition) is 1. The summed E-state index contributed by atoms with van der Waals surface area (Å²) in [7, 11) is 0. The van der Waals surface area contributed by atoms with Crippen molar-refractivity contribution < 1.29 is 14.7 Å². The van der Waals surface area contributed by atoms with Gasteiger partial charge in [0.1, 0.15) is 6.04 Å². The molecule has 0 bridgehead atoms. The molecule has 2 fully saturated rings. The Balaban J connectivity index is 2.11. The first-order valence-electron chi connectivity index (χ1n) is 6.26. The van der Waals surface area contributed by atoms with Gasteiger partial charge in [0.15, 0.2) is 0 Å². The second-order valence-corrected chi connectivity index (χ2v) is 6.32. The number of hydrogen-bond acceptors (Lipinski definition) is 2. The Hall–Kier alpha value is -0.580. The van der Waals surface area contributed by atoms with Gasteiger partial charge in [0.25, 0.3) is 0 Å². The summed E-state index contributed by atoms with van der Waals surface area (Å²) in [4.78, 5) is 24.9. The highest BCUT2D eigenvalue weighted by Gasteiger charge is 2.41. The lowest BCUT2D eigenvalue weighted by Crippen LogP contribution is -2.47. The van der Waals surface area contributed by atoms with Crippen LogP contribution in [0.25, 0.3) is 0 Å². The SMILES string of the molecule is O=C(O)C(C1CCCCC1)N1CC(Br)CC1=O. The number of alkyl halides is 1. The minimum atomic E-state index is -0.841. The van der Waals surface area contributed by atoms with Crippen LogP contribution in [0.15, 0.2) is 0 Å². The van der Waals surface area contributed by atoms with Crippen LogP contribution in [0.4, 0.5) is 0 Å². The van der Waals surface area contributed by atoms with E-state index in [0.717, 1.165) is 25.7 Å². The van der Waals surface area contributed by atoms with E-state index >= 15 is 0 Å². The maximum absolute atomic E-state index is 11.8. The van der Waals surface area contributed by atoms with Crippen LogP contribution in [0.5, 0.6) is 0 Å². The summed E-state index contributed by atoms with van der Waals surface area (Å²) < 4.78 is 0. The number of carbonyl (C=O) groups excluding carboxylic acids is 1. The Bertz CT molecular complexity index is 315. The summed E-state index contributed by atoms with van der Waals surface area (Å²) in [5.74, 6) is -0.723. The van der Waals surface area contributed by atoms with Crippen molar-refractivity contribution in [2.24, 2.45) is 5.92 Å². The zero-order chi connectivity index (χ0) is 12.4. The van der Waals surface area contributed by atoms with E-state index < -0.39 is 12.0 Å². The molecule has 1 N–H and O–H groups in total. The van der Waals surface area contributed by atoms with Gasteiger partial charge in [-0.15, -0.1) is 0 Å². The molecule has 1 heterocycles. The lowest BCUT2D eigenvalue weighted by molar-refractivity contribution is -0.151. The highest BCUT2D eigenvalue weighted by molar-refractivity contribution is 9.09. The third-order valence-electron chi connectivity index (χ3n) is 3.80. The van der Waals surface area contributed by atoms with Crippen molar-refractivity contribution in [1.82, 2.24) is 4.90 Å². The monoisotopic (exact) mass is 303 g/mol. The van der Waals surface area contributed by atoms with Crippen LogP contribution in [0, 0.1) is 5.92 Å². The Kier molecular flexibility index (Phi) is 4.07. The normalized spacial score (nSPS) is 28.4. The van der Waals surface area contributed by atoms with E-state index in [-0.39, 0.29) is 16.7 Å². The van der Waals surface area contributed by atoms with Crippen molar-refractivity contribution in [3.8, 4) is 0 Å². The van der Waals surface area contributed by atoms with Gasteiger partial charge in [0.05, 0.1) is 0 Å². The molecular formula is C12H18BrNO3. The number of amides is 1. The van der Waals surface area contributed by atoms with Gasteiger partial charge < -0.3 is 10.0 Å². The van der Waals surface area contributed by atoms with Crippen LogP contribution in [-0.2, 0) is 9.59 Å². The van der Waals surface area contributed by atoms with Crippen molar-refractivity contribution in [2.75, 3.05) is 6.54 Å². The number of likely N-dealkylation sites (tertiary alicyclic amines) is 1. The molecule has 2 unspecified atom stereocenters. The molecule has 96 valence electrons. The van der Waals surface area contributed by atoms with E-state index in [4.69, 9.17) is 0 Å². The molecule has 2 rings (SSSR count). The van der Waals surface area contributed by atoms with Gasteiger partial charge in [-0.25, -0.2) is 4.79 Å². The third-order valence-corrected chi connectivity index (χ3v) is 4.41. The maximum Gasteiger partial charge on any atom is 0.326 e. The van der Waals surface area contributed by atoms with Crippen LogP contribution in [0.1, 0.15) is 38.5 Å². The Labute approximate surface area is 109 Å². The number of nitrogens with zero attached hydrogens (tertiary/aromatic N) is 1. The summed E-state index contributed by atoms with van der Waals surface area (Å²) in [5.41, 5.74) is 0. The molecule has 0 aromatic carbocycles. The molecule has 2 aliphatic rings. The largest absolute Gasteiger partial charge is 0.480 e. The lowest BCUT2D eigenvalue weighted by atomic mass is 9.83. The summed E-state index contributed by atoms with van der Waals surface area (Å²) in [6.45, 7) is 0.534. The van der Waals surface area contributed by atoms with Gasteiger partial charge in [-0.3, -0.25) is 4.79 Å². The minimum Gasteiger partial charge on any atom is -0.480 e. The predicted molar refractivity (Wildman–Crippen MR) is 67.0 cm³/mol. The number of rotatable bonds is 3. The molecule has 17 heavy (non-hydrogen) atoms. The molecular weight excluding hydrogens is 286 g/mol. The second kappa shape index (κ2) is 5.38. The molecule has 4 nitrogen and oxygen atoms in total. The molecule has 5 heteroatoms. The number of halogens is 1. The Morgan fingerprint density at radius 2 is 2.00 bits per heavy atom. The Morgan fingerprint density at radius 3 is 2.47 bits per heavy atom. The second-order valence-electron chi connectivity index (χ2n) is 5.03. The van der Waals surface area contributed by atoms with Gasteiger partial charge >= 0.3 is 5.97 Å². The maximum atomic E-state index is 11.8. The van der Waals surface area contributed by atoms with Crippen molar-refractivity contribution in [3.05, 3.63) is 0 Å². The fourth-order valence-corrected chi connectivity index (χ4v) is 3.58. The molecule has 1 aliphatic carbocycles. The van der Waals surface area contributed by atoms with E-state index in [1.54, 1.807) is 4.90 Å². The highest BCUT2D eigenvalue weighted by atomic mass is 79.9. The molecule has 1 saturated carbocycles. The van der Waals surface area contributed by atoms with Gasteiger partial charge in [0, 0.05) is 17.8 Å². The van der Waals surface area contributed by atoms with Crippen molar-refractivity contribution in [3.63, 3.8) is 0 Å². The molecule has 1 amide bonds. The number of carboxylic acids is 1. The lowest BCUT2D eigenvalue weighted by Gasteiger charge is -2.33. The van der Waals surface area contributed by atoms with Gasteiger partial charge in [-0.1, -0.05) is 35.2 Å². The van der Waals surface area contributed by atoms with Crippen LogP contribution in [-0.4, -0.2) is 39.3 Å². The smallest absolute Gasteiger partial charge is 0.326 e. The van der Waals surface area contributed by atoms with Crippen LogP contribution >= 0.6 is 15.9 Å². The average molecular weight is 304 g/mol. The van der Waals surface area contributed by atoms with Crippen LogP contribution in [0.2, 0.25) is 0 Å². The first-order chi connectivity index (χ1) is 8.09. The fraction of sp³-hybridized carbons (Fsp3) is 0.833. The molecule has 0 radical (unpaired) electrons. The topological polar surface area (TPSA) is 57.6 Å². The first kappa shape index (κ1) is 12.9. The van der Waals surface area contributed by atoms with Crippen LogP contribution < -0.4 is 0 Å². The zero-order valence-corrected chi connectivity index (χ0v) is 11.4. The van der Waals surface area contributed by atoms with Gasteiger partial charge in [-0.05, 0) is 18.8 Å². The van der Waals surface area contributed by atoms with Gasteiger partial charge in [0.2, 0.25) is 5.91 Å². The van der Waals surface area contributed by atoms with E-state index in [2.05, 4.69) is 15.9 Å². The van der Waals surface area contributed by atoms with E-state index in [9.17, 15) is 14.7 Å². The molecule has 1 aliphatic heterocycles. The van der Waals surface area contributed by atoms with Crippen molar-refractivity contribution in [1.29, 1.82) is 0 Å². The number of aliphatic carboxylic acids is 1. The third kappa shape index (κ3) is 2.81. The zero-order valence-electron chi connectivity index (χ0n) is 9.77. The van der Waals surface area contributed by atoms with E-state index in [1.807, 2.05) is 0 Å². The standard InChI is InChI=1S/C12H18BrNO3/c13-9-6-10(15)14(7-9)11(12(16)17)8-4-2-1-3-5-8/h8-9,11H,1-7H2,(H,16,17). The van der Waals surface area contributed by atoms with E-state index in [1.165, 1.54) is 6.42 Å². The fourth-order valence-electron chi connectivity index (χ4n) is 2.99. The summed E-state index contributed by atoms with van der Waals surface area (Å²) in [5, 5.41) is 9.38. The molecule has 0 aromatic rings. The number of carbonyl (C=O) groups is 2. The number of carboxylic acid groups (broad SMARTS) is 1. The quantitative estimate of drug-likeness (QED) is 0.812. The molecule has 0 aromatic heterocycles. The summed E-state index contributed by atoms with van der Waals surface area (Å²) in [6, 6.07) is -0.606. The highest BCUT2D eigenvalue weighted by Crippen LogP contribution is 2.32. The predicted octanol–water partition coefficient (Wildman–Crippen LogP) is 2.02. The Morgan fingerprint density at radius 1 is 1.35 bits per heavy atom.